The first-order chi connectivity index (χ1) is 25.2. The zero-order valence-corrected chi connectivity index (χ0v) is 36.6. The summed E-state index contributed by atoms with van der Waals surface area (Å²) in [6.07, 6.45) is 22.1. The Bertz CT molecular complexity index is 1110. The minimum atomic E-state index is -0.804. The molecule has 0 bridgehead atoms. The maximum absolute atomic E-state index is 12.8. The van der Waals surface area contributed by atoms with E-state index in [-0.39, 0.29) is 37.0 Å². The van der Waals surface area contributed by atoms with Gasteiger partial charge >= 0.3 is 12.2 Å². The molecule has 0 radical (unpaired) electrons. The third kappa shape index (κ3) is 17.5. The molecule has 2 heterocycles. The van der Waals surface area contributed by atoms with Crippen LogP contribution in [0.1, 0.15) is 211 Å². The van der Waals surface area contributed by atoms with Crippen molar-refractivity contribution in [3.63, 3.8) is 0 Å². The number of ether oxygens (including phenoxy) is 4. The Morgan fingerprint density at radius 3 is 1.30 bits per heavy atom. The fourth-order valence-electron chi connectivity index (χ4n) is 8.13. The molecular formula is C44H82N2O8. The van der Waals surface area contributed by atoms with E-state index in [1.54, 1.807) is 9.80 Å². The molecule has 2 saturated heterocycles. The summed E-state index contributed by atoms with van der Waals surface area (Å²) >= 11 is 0. The van der Waals surface area contributed by atoms with Gasteiger partial charge in [-0.25, -0.2) is 9.59 Å². The smallest absolute Gasteiger partial charge is 0.412 e. The molecule has 10 nitrogen and oxygen atoms in total. The normalized spacial score (nSPS) is 22.5. The molecule has 2 fully saturated rings. The van der Waals surface area contributed by atoms with E-state index in [2.05, 4.69) is 6.92 Å². The fraction of sp³-hybridized carbons (Fsp3) is 0.932. The molecule has 2 aliphatic rings. The quantitative estimate of drug-likeness (QED) is 0.0966. The fourth-order valence-corrected chi connectivity index (χ4v) is 8.13. The lowest BCUT2D eigenvalue weighted by Gasteiger charge is -2.34. The maximum Gasteiger partial charge on any atom is 0.412 e. The van der Waals surface area contributed by atoms with E-state index < -0.39 is 28.7 Å². The predicted molar refractivity (Wildman–Crippen MR) is 216 cm³/mol. The monoisotopic (exact) mass is 767 g/mol. The molecular weight excluding hydrogens is 684 g/mol. The summed E-state index contributed by atoms with van der Waals surface area (Å²) in [5.41, 5.74) is -2.61. The van der Waals surface area contributed by atoms with Crippen molar-refractivity contribution in [3.8, 4) is 0 Å². The number of nitrogens with zero attached hydrogens (tertiary/aromatic N) is 2. The van der Waals surface area contributed by atoms with E-state index in [9.17, 15) is 19.5 Å². The summed E-state index contributed by atoms with van der Waals surface area (Å²) in [6.45, 7) is 20.7. The Hall–Kier alpha value is -1.91. The van der Waals surface area contributed by atoms with Gasteiger partial charge in [0.2, 0.25) is 0 Å². The lowest BCUT2D eigenvalue weighted by atomic mass is 10.0. The summed E-state index contributed by atoms with van der Waals surface area (Å²) in [7, 11) is 0. The third-order valence-electron chi connectivity index (χ3n) is 10.8. The maximum atomic E-state index is 12.8. The SMILES string of the molecule is C[C@H]1[C@H](CCCCCCCC(=O)CCCCCCCCCCCCCC[C@H]2OC(C)(C)N(C(=O)OC(C)(C)C)[C@H]2CO)OC(C)(C)N1C(=O)OC(C)(C)C. The summed E-state index contributed by atoms with van der Waals surface area (Å²) < 4.78 is 23.7. The van der Waals surface area contributed by atoms with Crippen molar-refractivity contribution in [3.05, 3.63) is 0 Å². The Kier molecular flexibility index (Phi) is 20.3. The molecule has 316 valence electrons. The van der Waals surface area contributed by atoms with Crippen LogP contribution in [-0.2, 0) is 23.7 Å². The van der Waals surface area contributed by atoms with Gasteiger partial charge in [-0.2, -0.15) is 0 Å². The number of aliphatic hydroxyl groups is 1. The zero-order valence-electron chi connectivity index (χ0n) is 36.6. The molecule has 2 rings (SSSR count). The van der Waals surface area contributed by atoms with Gasteiger partial charge in [0, 0.05) is 12.8 Å². The molecule has 10 heteroatoms. The van der Waals surface area contributed by atoms with Gasteiger partial charge in [0.05, 0.1) is 30.9 Å². The Morgan fingerprint density at radius 2 is 0.889 bits per heavy atom. The van der Waals surface area contributed by atoms with Crippen LogP contribution in [0.4, 0.5) is 9.59 Å². The van der Waals surface area contributed by atoms with Crippen molar-refractivity contribution in [2.45, 2.75) is 258 Å². The first kappa shape index (κ1) is 48.2. The number of hydrogen-bond acceptors (Lipinski definition) is 8. The molecule has 0 aliphatic carbocycles. The second-order valence-corrected chi connectivity index (χ2v) is 19.0. The number of carbonyl (C=O) groups excluding carboxylic acids is 3. The van der Waals surface area contributed by atoms with Crippen molar-refractivity contribution in [2.75, 3.05) is 6.61 Å². The van der Waals surface area contributed by atoms with Gasteiger partial charge in [-0.15, -0.1) is 0 Å². The van der Waals surface area contributed by atoms with Gasteiger partial charge in [0.15, 0.2) is 0 Å². The second kappa shape index (κ2) is 22.7. The molecule has 1 N–H and O–H groups in total. The van der Waals surface area contributed by atoms with Crippen molar-refractivity contribution in [2.24, 2.45) is 0 Å². The third-order valence-corrected chi connectivity index (χ3v) is 10.8. The first-order valence-electron chi connectivity index (χ1n) is 21.7. The van der Waals surface area contributed by atoms with Gasteiger partial charge in [-0.1, -0.05) is 96.3 Å². The molecule has 2 aliphatic heterocycles. The number of amides is 2. The lowest BCUT2D eigenvalue weighted by molar-refractivity contribution is -0.119. The van der Waals surface area contributed by atoms with Crippen LogP contribution < -0.4 is 0 Å². The van der Waals surface area contributed by atoms with Crippen molar-refractivity contribution >= 4 is 18.0 Å². The van der Waals surface area contributed by atoms with Crippen molar-refractivity contribution in [1.82, 2.24) is 9.80 Å². The summed E-state index contributed by atoms with van der Waals surface area (Å²) in [6, 6.07) is -0.407. The highest BCUT2D eigenvalue weighted by atomic mass is 16.6. The standard InChI is InChI=1S/C44H82N2O8/c1-34-37(51-43(8,9)45(34)39(49)53-41(2,3)4)31-27-24-20-22-26-30-35(48)29-25-21-18-16-14-12-13-15-17-19-23-28-32-38-36(33-47)46(44(10,11)52-38)40(50)54-42(5,6)7/h34,36-38,47H,12-33H2,1-11H3/t34-,36-,37-,38+/m0/s1. The number of aliphatic hydroxyl groups excluding tert-OH is 1. The lowest BCUT2D eigenvalue weighted by Crippen LogP contribution is -2.51. The molecule has 0 aromatic carbocycles. The van der Waals surface area contributed by atoms with Gasteiger partial charge in [0.25, 0.3) is 0 Å². The molecule has 2 amide bonds. The zero-order chi connectivity index (χ0) is 40.6. The van der Waals surface area contributed by atoms with E-state index >= 15 is 0 Å². The molecule has 0 aromatic heterocycles. The molecule has 0 aromatic rings. The van der Waals surface area contributed by atoms with Crippen LogP contribution in [0.5, 0.6) is 0 Å². The van der Waals surface area contributed by atoms with Crippen LogP contribution >= 0.6 is 0 Å². The molecule has 0 unspecified atom stereocenters. The number of carbonyl (C=O) groups is 3. The van der Waals surface area contributed by atoms with Crippen LogP contribution in [0, 0.1) is 0 Å². The predicted octanol–water partition coefficient (Wildman–Crippen LogP) is 11.2. The molecule has 54 heavy (non-hydrogen) atoms. The highest BCUT2D eigenvalue weighted by Gasteiger charge is 2.51. The highest BCUT2D eigenvalue weighted by Crippen LogP contribution is 2.37. The second-order valence-electron chi connectivity index (χ2n) is 19.0. The van der Waals surface area contributed by atoms with E-state index in [1.165, 1.54) is 51.4 Å². The van der Waals surface area contributed by atoms with Crippen LogP contribution in [-0.4, -0.2) is 86.4 Å². The average molecular weight is 767 g/mol. The number of unbranched alkanes of at least 4 members (excludes halogenated alkanes) is 15. The van der Waals surface area contributed by atoms with Gasteiger partial charge < -0.3 is 24.1 Å². The minimum Gasteiger partial charge on any atom is -0.444 e. The van der Waals surface area contributed by atoms with E-state index in [0.29, 0.717) is 12.2 Å². The number of Topliss-reactive ketones (excluding diaryl/α,β-unsaturated/α-hetero) is 1. The van der Waals surface area contributed by atoms with Crippen LogP contribution in [0.25, 0.3) is 0 Å². The number of rotatable bonds is 24. The largest absolute Gasteiger partial charge is 0.444 e. The first-order valence-corrected chi connectivity index (χ1v) is 21.7. The van der Waals surface area contributed by atoms with E-state index in [1.807, 2.05) is 69.2 Å². The van der Waals surface area contributed by atoms with Gasteiger partial charge in [-0.05, 0) is 102 Å². The molecule has 0 saturated carbocycles. The van der Waals surface area contributed by atoms with Crippen molar-refractivity contribution < 1.29 is 38.4 Å². The van der Waals surface area contributed by atoms with Gasteiger partial charge in [-0.3, -0.25) is 14.6 Å². The van der Waals surface area contributed by atoms with Crippen LogP contribution in [0.3, 0.4) is 0 Å². The van der Waals surface area contributed by atoms with Crippen LogP contribution in [0.2, 0.25) is 0 Å². The summed E-state index contributed by atoms with van der Waals surface area (Å²) in [5.74, 6) is 0.420. The topological polar surface area (TPSA) is 115 Å². The van der Waals surface area contributed by atoms with Crippen LogP contribution in [0.15, 0.2) is 0 Å². The highest BCUT2D eigenvalue weighted by molar-refractivity contribution is 5.78. The van der Waals surface area contributed by atoms with Crippen molar-refractivity contribution in [1.29, 1.82) is 0 Å². The Labute approximate surface area is 330 Å². The minimum absolute atomic E-state index is 0.0123. The van der Waals surface area contributed by atoms with E-state index in [0.717, 1.165) is 77.0 Å². The number of ketones is 1. The Balaban J connectivity index is 1.40. The van der Waals surface area contributed by atoms with Gasteiger partial charge in [0.1, 0.15) is 28.4 Å². The number of hydrogen-bond donors (Lipinski definition) is 1. The molecule has 4 atom stereocenters. The Morgan fingerprint density at radius 1 is 0.556 bits per heavy atom. The molecule has 0 spiro atoms. The summed E-state index contributed by atoms with van der Waals surface area (Å²) in [4.78, 5) is 41.3. The summed E-state index contributed by atoms with van der Waals surface area (Å²) in [5, 5.41) is 10.1. The van der Waals surface area contributed by atoms with E-state index in [4.69, 9.17) is 18.9 Å². The average Bonchev–Trinajstić information content (AvgIpc) is 3.44.